The summed E-state index contributed by atoms with van der Waals surface area (Å²) in [4.78, 5) is 30.3. The van der Waals surface area contributed by atoms with Gasteiger partial charge in [0.25, 0.3) is 0 Å². The summed E-state index contributed by atoms with van der Waals surface area (Å²) in [7, 11) is 1.57. The number of H-pyrrole nitrogens is 1. The lowest BCUT2D eigenvalue weighted by molar-refractivity contribution is -0.117. The van der Waals surface area contributed by atoms with Crippen molar-refractivity contribution >= 4 is 28.5 Å². The van der Waals surface area contributed by atoms with Crippen molar-refractivity contribution in [1.29, 1.82) is 0 Å². The molecule has 0 aliphatic carbocycles. The Bertz CT molecular complexity index is 869. The third kappa shape index (κ3) is 5.07. The van der Waals surface area contributed by atoms with Gasteiger partial charge in [0.15, 0.2) is 0 Å². The van der Waals surface area contributed by atoms with Crippen molar-refractivity contribution in [3.63, 3.8) is 0 Å². The van der Waals surface area contributed by atoms with Gasteiger partial charge in [-0.05, 0) is 39.0 Å². The third-order valence-electron chi connectivity index (χ3n) is 4.90. The zero-order chi connectivity index (χ0) is 21.0. The van der Waals surface area contributed by atoms with Gasteiger partial charge in [0.1, 0.15) is 11.4 Å². The van der Waals surface area contributed by atoms with Gasteiger partial charge in [-0.2, -0.15) is 0 Å². The average molecular weight is 403 g/mol. The molecule has 1 fully saturated rings. The Hall–Kier alpha value is -2.58. The molecule has 0 spiro atoms. The van der Waals surface area contributed by atoms with Crippen molar-refractivity contribution in [2.45, 2.75) is 39.4 Å². The Labute approximate surface area is 170 Å². The van der Waals surface area contributed by atoms with Gasteiger partial charge < -0.3 is 24.5 Å². The largest absolute Gasteiger partial charge is 0.497 e. The van der Waals surface area contributed by atoms with E-state index in [-0.39, 0.29) is 30.4 Å². The molecule has 0 bridgehead atoms. The zero-order valence-corrected chi connectivity index (χ0v) is 17.4. The first-order valence-electron chi connectivity index (χ1n) is 9.95. The number of rotatable bonds is 7. The number of esters is 1. The highest BCUT2D eigenvalue weighted by Gasteiger charge is 2.24. The molecule has 1 aliphatic heterocycles. The number of benzene rings is 1. The Kier molecular flexibility index (Phi) is 6.76. The predicted octanol–water partition coefficient (Wildman–Crippen LogP) is 2.79. The Morgan fingerprint density at radius 2 is 2.00 bits per heavy atom. The summed E-state index contributed by atoms with van der Waals surface area (Å²) in [5, 5.41) is 3.60. The van der Waals surface area contributed by atoms with E-state index in [4.69, 9.17) is 14.2 Å². The lowest BCUT2D eigenvalue weighted by atomic mass is 10.2. The van der Waals surface area contributed by atoms with Crippen LogP contribution in [0.25, 0.3) is 10.9 Å². The number of nitrogens with one attached hydrogen (secondary N) is 2. The van der Waals surface area contributed by atoms with E-state index in [0.717, 1.165) is 18.6 Å². The van der Waals surface area contributed by atoms with Crippen LogP contribution in [0.1, 0.15) is 37.7 Å². The van der Waals surface area contributed by atoms with Gasteiger partial charge in [0.05, 0.1) is 31.6 Å². The number of nitrogens with zero attached hydrogens (tertiary/aromatic N) is 1. The molecule has 2 aromatic rings. The number of anilines is 1. The van der Waals surface area contributed by atoms with E-state index in [2.05, 4.69) is 15.2 Å². The number of hydrogen-bond donors (Lipinski definition) is 2. The van der Waals surface area contributed by atoms with Crippen molar-refractivity contribution in [2.24, 2.45) is 0 Å². The van der Waals surface area contributed by atoms with Gasteiger partial charge in [-0.25, -0.2) is 4.79 Å². The molecular weight excluding hydrogens is 374 g/mol. The molecule has 0 unspecified atom stereocenters. The van der Waals surface area contributed by atoms with E-state index in [0.29, 0.717) is 29.8 Å². The first kappa shape index (κ1) is 21.1. The second kappa shape index (κ2) is 9.28. The molecule has 8 heteroatoms. The Morgan fingerprint density at radius 1 is 1.28 bits per heavy atom. The fourth-order valence-corrected chi connectivity index (χ4v) is 3.71. The number of carbonyl (C=O) groups excluding carboxylic acids is 2. The molecule has 0 saturated carbocycles. The Morgan fingerprint density at radius 3 is 2.66 bits per heavy atom. The molecule has 1 aromatic carbocycles. The maximum absolute atomic E-state index is 12.7. The minimum Gasteiger partial charge on any atom is -0.497 e. The second-order valence-corrected chi connectivity index (χ2v) is 7.32. The van der Waals surface area contributed by atoms with E-state index in [9.17, 15) is 9.59 Å². The summed E-state index contributed by atoms with van der Waals surface area (Å²) in [6.45, 7) is 8.29. The number of hydrogen-bond acceptors (Lipinski definition) is 6. The SMILES string of the molecule is CCOC(=O)c1[nH]c2ccc(OC)cc2c1NC(=O)CCN1C[C@H](C)O[C@@H](C)C1. The van der Waals surface area contributed by atoms with Crippen LogP contribution >= 0.6 is 0 Å². The first-order valence-corrected chi connectivity index (χ1v) is 9.95. The van der Waals surface area contributed by atoms with Gasteiger partial charge >= 0.3 is 5.97 Å². The van der Waals surface area contributed by atoms with Crippen molar-refractivity contribution in [2.75, 3.05) is 38.7 Å². The lowest BCUT2D eigenvalue weighted by Gasteiger charge is -2.35. The predicted molar refractivity (Wildman–Crippen MR) is 111 cm³/mol. The summed E-state index contributed by atoms with van der Waals surface area (Å²) in [5.41, 5.74) is 1.38. The molecule has 1 aromatic heterocycles. The van der Waals surface area contributed by atoms with Crippen LogP contribution in [-0.4, -0.2) is 67.3 Å². The van der Waals surface area contributed by atoms with Gasteiger partial charge in [-0.15, -0.1) is 0 Å². The maximum atomic E-state index is 12.7. The molecule has 1 amide bonds. The van der Waals surface area contributed by atoms with Crippen LogP contribution in [0.2, 0.25) is 0 Å². The van der Waals surface area contributed by atoms with E-state index < -0.39 is 5.97 Å². The van der Waals surface area contributed by atoms with Crippen molar-refractivity contribution in [3.8, 4) is 5.75 Å². The monoisotopic (exact) mass is 403 g/mol. The quantitative estimate of drug-likeness (QED) is 0.691. The molecule has 1 saturated heterocycles. The van der Waals surface area contributed by atoms with E-state index in [1.54, 1.807) is 26.2 Å². The first-order chi connectivity index (χ1) is 13.9. The lowest BCUT2D eigenvalue weighted by Crippen LogP contribution is -2.46. The minimum atomic E-state index is -0.506. The summed E-state index contributed by atoms with van der Waals surface area (Å²) >= 11 is 0. The zero-order valence-electron chi connectivity index (χ0n) is 17.4. The maximum Gasteiger partial charge on any atom is 0.356 e. The standard InChI is InChI=1S/C21H29N3O5/c1-5-28-21(26)20-19(16-10-15(27-4)6-7-17(16)22-20)23-18(25)8-9-24-11-13(2)29-14(3)12-24/h6-7,10,13-14,22H,5,8-9,11-12H2,1-4H3,(H,23,25)/t13-,14-/m0/s1. The summed E-state index contributed by atoms with van der Waals surface area (Å²) in [5.74, 6) is -0.0291. The highest BCUT2D eigenvalue weighted by Crippen LogP contribution is 2.31. The molecule has 2 atom stereocenters. The fraction of sp³-hybridized carbons (Fsp3) is 0.524. The van der Waals surface area contributed by atoms with Crippen molar-refractivity contribution in [1.82, 2.24) is 9.88 Å². The highest BCUT2D eigenvalue weighted by molar-refractivity contribution is 6.11. The molecule has 2 heterocycles. The van der Waals surface area contributed by atoms with Gasteiger partial charge in [0, 0.05) is 37.0 Å². The number of carbonyl (C=O) groups is 2. The minimum absolute atomic E-state index is 0.151. The third-order valence-corrected chi connectivity index (χ3v) is 4.90. The molecule has 1 aliphatic rings. The smallest absolute Gasteiger partial charge is 0.356 e. The molecule has 8 nitrogen and oxygen atoms in total. The summed E-state index contributed by atoms with van der Waals surface area (Å²) < 4.78 is 16.2. The Balaban J connectivity index is 1.77. The van der Waals surface area contributed by atoms with E-state index in [1.165, 1.54) is 0 Å². The number of ether oxygens (including phenoxy) is 3. The van der Waals surface area contributed by atoms with Crippen LogP contribution in [0.4, 0.5) is 5.69 Å². The second-order valence-electron chi connectivity index (χ2n) is 7.32. The van der Waals surface area contributed by atoms with Crippen LogP contribution < -0.4 is 10.1 Å². The number of amides is 1. The van der Waals surface area contributed by atoms with E-state index in [1.807, 2.05) is 19.9 Å². The van der Waals surface area contributed by atoms with Crippen molar-refractivity contribution < 1.29 is 23.8 Å². The van der Waals surface area contributed by atoms with Crippen LogP contribution in [0.5, 0.6) is 5.75 Å². The van der Waals surface area contributed by atoms with E-state index >= 15 is 0 Å². The van der Waals surface area contributed by atoms with Crippen LogP contribution in [-0.2, 0) is 14.3 Å². The summed E-state index contributed by atoms with van der Waals surface area (Å²) in [6, 6.07) is 5.39. The average Bonchev–Trinajstić information content (AvgIpc) is 3.03. The van der Waals surface area contributed by atoms with Crippen LogP contribution in [0, 0.1) is 0 Å². The summed E-state index contributed by atoms with van der Waals surface area (Å²) in [6.07, 6.45) is 0.620. The number of aromatic nitrogens is 1. The molecule has 158 valence electrons. The molecule has 29 heavy (non-hydrogen) atoms. The fourth-order valence-electron chi connectivity index (χ4n) is 3.71. The number of methoxy groups -OCH3 is 1. The van der Waals surface area contributed by atoms with Gasteiger partial charge in [0.2, 0.25) is 5.91 Å². The van der Waals surface area contributed by atoms with Crippen LogP contribution in [0.15, 0.2) is 18.2 Å². The molecule has 0 radical (unpaired) electrons. The molecular formula is C21H29N3O5. The molecule has 3 rings (SSSR count). The number of morpholine rings is 1. The number of aromatic amines is 1. The molecule has 2 N–H and O–H groups in total. The van der Waals surface area contributed by atoms with Crippen molar-refractivity contribution in [3.05, 3.63) is 23.9 Å². The van der Waals surface area contributed by atoms with Crippen LogP contribution in [0.3, 0.4) is 0 Å². The van der Waals surface area contributed by atoms with Gasteiger partial charge in [-0.1, -0.05) is 0 Å². The normalized spacial score (nSPS) is 19.9. The van der Waals surface area contributed by atoms with Gasteiger partial charge in [-0.3, -0.25) is 9.69 Å². The topological polar surface area (TPSA) is 92.9 Å². The number of fused-ring (bicyclic) bond motifs is 1. The highest BCUT2D eigenvalue weighted by atomic mass is 16.5.